The van der Waals surface area contributed by atoms with Crippen molar-refractivity contribution in [2.45, 2.75) is 65.1 Å². The molecule has 1 fully saturated rings. The van der Waals surface area contributed by atoms with E-state index in [1.807, 2.05) is 0 Å². The Hall–Kier alpha value is -1.24. The Morgan fingerprint density at radius 1 is 1.38 bits per heavy atom. The second kappa shape index (κ2) is 10.8. The van der Waals surface area contributed by atoms with Gasteiger partial charge in [0.2, 0.25) is 0 Å². The third-order valence-corrected chi connectivity index (χ3v) is 5.30. The highest BCUT2D eigenvalue weighted by Crippen LogP contribution is 2.17. The summed E-state index contributed by atoms with van der Waals surface area (Å²) in [5.74, 6) is 3.52. The second-order valence-corrected chi connectivity index (χ2v) is 8.41. The average Bonchev–Trinajstić information content (AvgIpc) is 2.98. The lowest BCUT2D eigenvalue weighted by atomic mass is 10.0. The van der Waals surface area contributed by atoms with E-state index in [0.717, 1.165) is 68.4 Å². The number of guanidine groups is 1. The van der Waals surface area contributed by atoms with Crippen LogP contribution in [0.3, 0.4) is 0 Å². The standard InChI is InChI=1S/C19H36N6S/c1-6-20-18(24-12-8-9-16(4)14-24)21-11-7-10-17-22-23-19(26-5)25(17)13-15(2)3/h15-16H,6-14H2,1-5H3,(H,20,21). The third-order valence-electron chi connectivity index (χ3n) is 4.64. The number of likely N-dealkylation sites (tertiary alicyclic amines) is 1. The van der Waals surface area contributed by atoms with Gasteiger partial charge in [-0.1, -0.05) is 32.5 Å². The van der Waals surface area contributed by atoms with Crippen LogP contribution >= 0.6 is 11.8 Å². The number of thioether (sulfide) groups is 1. The molecule has 1 unspecified atom stereocenters. The van der Waals surface area contributed by atoms with E-state index in [9.17, 15) is 0 Å². The first-order valence-corrected chi connectivity index (χ1v) is 11.3. The normalized spacial score (nSPS) is 18.6. The van der Waals surface area contributed by atoms with Crippen LogP contribution in [0.2, 0.25) is 0 Å². The van der Waals surface area contributed by atoms with Crippen molar-refractivity contribution in [1.29, 1.82) is 0 Å². The molecule has 1 N–H and O–H groups in total. The molecule has 1 aliphatic heterocycles. The Labute approximate surface area is 163 Å². The van der Waals surface area contributed by atoms with Crippen LogP contribution in [0.5, 0.6) is 0 Å². The molecule has 0 saturated carbocycles. The minimum absolute atomic E-state index is 0.593. The molecule has 0 aliphatic carbocycles. The van der Waals surface area contributed by atoms with E-state index in [0.29, 0.717) is 5.92 Å². The van der Waals surface area contributed by atoms with Gasteiger partial charge in [-0.15, -0.1) is 10.2 Å². The molecule has 0 aromatic carbocycles. The lowest BCUT2D eigenvalue weighted by Crippen LogP contribution is -2.46. The zero-order valence-corrected chi connectivity index (χ0v) is 18.0. The van der Waals surface area contributed by atoms with Gasteiger partial charge in [0, 0.05) is 39.1 Å². The van der Waals surface area contributed by atoms with Gasteiger partial charge in [-0.25, -0.2) is 0 Å². The van der Waals surface area contributed by atoms with Crippen LogP contribution in [-0.2, 0) is 13.0 Å². The molecular formula is C19H36N6S. The van der Waals surface area contributed by atoms with Crippen molar-refractivity contribution in [3.8, 4) is 0 Å². The fourth-order valence-corrected chi connectivity index (χ4v) is 3.96. The van der Waals surface area contributed by atoms with Gasteiger partial charge in [0.05, 0.1) is 0 Å². The highest BCUT2D eigenvalue weighted by atomic mass is 32.2. The van der Waals surface area contributed by atoms with Crippen molar-refractivity contribution in [1.82, 2.24) is 25.0 Å². The highest BCUT2D eigenvalue weighted by Gasteiger charge is 2.19. The summed E-state index contributed by atoms with van der Waals surface area (Å²) in [5.41, 5.74) is 0. The average molecular weight is 381 g/mol. The molecular weight excluding hydrogens is 344 g/mol. The number of aromatic nitrogens is 3. The first kappa shape index (κ1) is 21.1. The van der Waals surface area contributed by atoms with E-state index in [-0.39, 0.29) is 0 Å². The Morgan fingerprint density at radius 2 is 2.19 bits per heavy atom. The number of hydrogen-bond donors (Lipinski definition) is 1. The van der Waals surface area contributed by atoms with Crippen molar-refractivity contribution in [2.24, 2.45) is 16.8 Å². The summed E-state index contributed by atoms with van der Waals surface area (Å²) in [4.78, 5) is 7.29. The molecule has 2 heterocycles. The number of nitrogens with one attached hydrogen (secondary N) is 1. The summed E-state index contributed by atoms with van der Waals surface area (Å²) in [5, 5.41) is 13.2. The maximum Gasteiger partial charge on any atom is 0.193 e. The van der Waals surface area contributed by atoms with E-state index in [4.69, 9.17) is 4.99 Å². The highest BCUT2D eigenvalue weighted by molar-refractivity contribution is 7.98. The zero-order valence-electron chi connectivity index (χ0n) is 17.2. The summed E-state index contributed by atoms with van der Waals surface area (Å²) in [6, 6.07) is 0. The van der Waals surface area contributed by atoms with E-state index in [2.05, 4.69) is 58.9 Å². The molecule has 148 valence electrons. The molecule has 7 heteroatoms. The summed E-state index contributed by atoms with van der Waals surface area (Å²) in [6.45, 7) is 13.9. The molecule has 0 spiro atoms. The van der Waals surface area contributed by atoms with Gasteiger partial charge < -0.3 is 14.8 Å². The van der Waals surface area contributed by atoms with E-state index in [1.165, 1.54) is 12.8 Å². The number of piperidine rings is 1. The molecule has 1 atom stereocenters. The molecule has 1 aromatic heterocycles. The summed E-state index contributed by atoms with van der Waals surface area (Å²) in [7, 11) is 0. The van der Waals surface area contributed by atoms with Gasteiger partial charge in [0.1, 0.15) is 5.82 Å². The van der Waals surface area contributed by atoms with Crippen molar-refractivity contribution >= 4 is 17.7 Å². The predicted molar refractivity (Wildman–Crippen MR) is 111 cm³/mol. The molecule has 2 rings (SSSR count). The molecule has 0 amide bonds. The van der Waals surface area contributed by atoms with Gasteiger partial charge >= 0.3 is 0 Å². The number of aryl methyl sites for hydroxylation is 1. The van der Waals surface area contributed by atoms with Crippen LogP contribution in [0.4, 0.5) is 0 Å². The van der Waals surface area contributed by atoms with Gasteiger partial charge in [-0.05, 0) is 44.3 Å². The van der Waals surface area contributed by atoms with Crippen LogP contribution in [0, 0.1) is 11.8 Å². The fourth-order valence-electron chi connectivity index (χ4n) is 3.43. The van der Waals surface area contributed by atoms with Crippen LogP contribution < -0.4 is 5.32 Å². The second-order valence-electron chi connectivity index (χ2n) is 7.64. The van der Waals surface area contributed by atoms with Gasteiger partial charge in [0.25, 0.3) is 0 Å². The smallest absolute Gasteiger partial charge is 0.193 e. The Bertz CT molecular complexity index is 568. The summed E-state index contributed by atoms with van der Waals surface area (Å²) >= 11 is 1.67. The van der Waals surface area contributed by atoms with Crippen molar-refractivity contribution in [3.63, 3.8) is 0 Å². The SMILES string of the molecule is CCNC(=NCCCc1nnc(SC)n1CC(C)C)N1CCCC(C)C1. The quantitative estimate of drug-likeness (QED) is 0.325. The largest absolute Gasteiger partial charge is 0.357 e. The fraction of sp³-hybridized carbons (Fsp3) is 0.842. The number of rotatable bonds is 8. The molecule has 1 aliphatic rings. The lowest BCUT2D eigenvalue weighted by Gasteiger charge is -2.33. The lowest BCUT2D eigenvalue weighted by molar-refractivity contribution is 0.266. The first-order chi connectivity index (χ1) is 12.5. The Morgan fingerprint density at radius 3 is 2.85 bits per heavy atom. The van der Waals surface area contributed by atoms with E-state index < -0.39 is 0 Å². The van der Waals surface area contributed by atoms with Crippen LogP contribution in [-0.4, -0.2) is 58.1 Å². The summed E-state index contributed by atoms with van der Waals surface area (Å²) < 4.78 is 2.27. The van der Waals surface area contributed by atoms with E-state index in [1.54, 1.807) is 11.8 Å². The van der Waals surface area contributed by atoms with Gasteiger partial charge in [-0.2, -0.15) is 0 Å². The van der Waals surface area contributed by atoms with Crippen molar-refractivity contribution in [2.75, 3.05) is 32.4 Å². The molecule has 1 aromatic rings. The van der Waals surface area contributed by atoms with Gasteiger partial charge in [0.15, 0.2) is 11.1 Å². The summed E-state index contributed by atoms with van der Waals surface area (Å²) in [6.07, 6.45) is 6.60. The van der Waals surface area contributed by atoms with Crippen molar-refractivity contribution in [3.05, 3.63) is 5.82 Å². The minimum atomic E-state index is 0.593. The maximum atomic E-state index is 4.87. The van der Waals surface area contributed by atoms with Crippen molar-refractivity contribution < 1.29 is 0 Å². The molecule has 1 saturated heterocycles. The van der Waals surface area contributed by atoms with E-state index >= 15 is 0 Å². The Kier molecular flexibility index (Phi) is 8.75. The first-order valence-electron chi connectivity index (χ1n) is 10.0. The molecule has 0 radical (unpaired) electrons. The van der Waals surface area contributed by atoms with Crippen LogP contribution in [0.15, 0.2) is 10.1 Å². The third kappa shape index (κ3) is 6.18. The monoisotopic (exact) mass is 380 g/mol. The predicted octanol–water partition coefficient (Wildman–Crippen LogP) is 3.29. The van der Waals surface area contributed by atoms with Gasteiger partial charge in [-0.3, -0.25) is 4.99 Å². The number of nitrogens with zero attached hydrogens (tertiary/aromatic N) is 5. The number of aliphatic imine (C=N–C) groups is 1. The molecule has 26 heavy (non-hydrogen) atoms. The molecule has 6 nitrogen and oxygen atoms in total. The molecule has 0 bridgehead atoms. The topological polar surface area (TPSA) is 58.3 Å². The number of hydrogen-bond acceptors (Lipinski definition) is 4. The van der Waals surface area contributed by atoms with Crippen LogP contribution in [0.1, 0.15) is 52.8 Å². The van der Waals surface area contributed by atoms with Crippen LogP contribution in [0.25, 0.3) is 0 Å². The zero-order chi connectivity index (χ0) is 18.9. The maximum absolute atomic E-state index is 4.87. The minimum Gasteiger partial charge on any atom is -0.357 e. The Balaban J connectivity index is 1.92.